The average molecular weight is 606 g/mol. The lowest BCUT2D eigenvalue weighted by molar-refractivity contribution is -0.131. The van der Waals surface area contributed by atoms with Crippen LogP contribution in [0.4, 0.5) is 0 Å². The van der Waals surface area contributed by atoms with Gasteiger partial charge in [0.1, 0.15) is 11.8 Å². The van der Waals surface area contributed by atoms with Crippen LogP contribution in [0.3, 0.4) is 0 Å². The standard InChI is InChI=1S/C33H43N5O4S/c1-23-26(13-8-14-29(23)39)31(41)35-27(22-43-25-11-6-5-7-12-25)30(40)21-38-17-16-37(19-24-10-9-15-34-18-24)20-28(38)32(42)36-33(2,3)4/h5-15,18,27-28,30,39-40H,16-17,19-22H2,1-4H3,(H,35,41)(H,36,42)/t27-,28-,30+/m0/s1. The van der Waals surface area contributed by atoms with E-state index in [2.05, 4.69) is 20.5 Å². The zero-order chi connectivity index (χ0) is 31.0. The number of benzene rings is 2. The van der Waals surface area contributed by atoms with Gasteiger partial charge in [0.2, 0.25) is 5.91 Å². The van der Waals surface area contributed by atoms with E-state index in [9.17, 15) is 19.8 Å². The minimum atomic E-state index is -0.951. The van der Waals surface area contributed by atoms with Crippen molar-refractivity contribution in [1.29, 1.82) is 0 Å². The maximum Gasteiger partial charge on any atom is 0.252 e. The minimum absolute atomic E-state index is 0.0419. The number of piperazine rings is 1. The largest absolute Gasteiger partial charge is 0.508 e. The number of nitrogens with one attached hydrogen (secondary N) is 2. The Labute approximate surface area is 258 Å². The molecule has 230 valence electrons. The maximum absolute atomic E-state index is 13.5. The maximum atomic E-state index is 13.5. The van der Waals surface area contributed by atoms with Crippen LogP contribution in [0.15, 0.2) is 78.0 Å². The SMILES string of the molecule is Cc1c(O)cccc1C(=O)N[C@@H](CSc1ccccc1)[C@H](O)CN1CCN(Cc2cccnc2)C[C@H]1C(=O)NC(C)(C)C. The number of phenolic OH excluding ortho intramolecular Hbond substituents is 1. The number of nitrogens with zero attached hydrogens (tertiary/aromatic N) is 3. The van der Waals surface area contributed by atoms with Crippen molar-refractivity contribution in [2.24, 2.45) is 0 Å². The van der Waals surface area contributed by atoms with E-state index in [0.29, 0.717) is 36.5 Å². The van der Waals surface area contributed by atoms with E-state index in [-0.39, 0.29) is 24.1 Å². The van der Waals surface area contributed by atoms with Crippen molar-refractivity contribution in [1.82, 2.24) is 25.4 Å². The van der Waals surface area contributed by atoms with Crippen LogP contribution in [0.5, 0.6) is 5.75 Å². The summed E-state index contributed by atoms with van der Waals surface area (Å²) in [6, 6.07) is 17.5. The number of amides is 2. The van der Waals surface area contributed by atoms with E-state index in [1.54, 1.807) is 43.1 Å². The van der Waals surface area contributed by atoms with Crippen molar-refractivity contribution in [3.63, 3.8) is 0 Å². The van der Waals surface area contributed by atoms with Gasteiger partial charge in [0.05, 0.1) is 12.1 Å². The lowest BCUT2D eigenvalue weighted by Crippen LogP contribution is -2.63. The molecule has 1 saturated heterocycles. The fourth-order valence-electron chi connectivity index (χ4n) is 5.13. The molecule has 0 saturated carbocycles. The van der Waals surface area contributed by atoms with Gasteiger partial charge >= 0.3 is 0 Å². The first-order valence-corrected chi connectivity index (χ1v) is 15.6. The number of rotatable bonds is 11. The van der Waals surface area contributed by atoms with E-state index in [0.717, 1.165) is 17.0 Å². The second-order valence-electron chi connectivity index (χ2n) is 12.1. The molecule has 3 aromatic rings. The number of aliphatic hydroxyl groups excluding tert-OH is 1. The number of β-amino-alcohol motifs (C(OH)–C–C–N with tert-alkyl or cyclic N) is 1. The Balaban J connectivity index is 1.52. The summed E-state index contributed by atoms with van der Waals surface area (Å²) in [5.74, 6) is 0.00846. The molecule has 1 aliphatic rings. The van der Waals surface area contributed by atoms with Crippen LogP contribution in [0.25, 0.3) is 0 Å². The molecule has 0 unspecified atom stereocenters. The molecule has 1 aromatic heterocycles. The first-order valence-electron chi connectivity index (χ1n) is 14.6. The van der Waals surface area contributed by atoms with E-state index in [1.165, 1.54) is 0 Å². The Morgan fingerprint density at radius 2 is 1.84 bits per heavy atom. The summed E-state index contributed by atoms with van der Waals surface area (Å²) in [6.45, 7) is 10.3. The molecular formula is C33H43N5O4S. The molecular weight excluding hydrogens is 562 g/mol. The zero-order valence-electron chi connectivity index (χ0n) is 25.4. The fraction of sp³-hybridized carbons (Fsp3) is 0.424. The number of hydrogen-bond acceptors (Lipinski definition) is 8. The van der Waals surface area contributed by atoms with Crippen molar-refractivity contribution >= 4 is 23.6 Å². The summed E-state index contributed by atoms with van der Waals surface area (Å²) in [6.07, 6.45) is 2.63. The normalized spacial score (nSPS) is 17.7. The molecule has 2 aromatic carbocycles. The summed E-state index contributed by atoms with van der Waals surface area (Å²) < 4.78 is 0. The molecule has 4 rings (SSSR count). The van der Waals surface area contributed by atoms with Gasteiger partial charge in [-0.2, -0.15) is 0 Å². The third kappa shape index (κ3) is 9.53. The Morgan fingerprint density at radius 3 is 2.53 bits per heavy atom. The molecule has 0 spiro atoms. The highest BCUT2D eigenvalue weighted by molar-refractivity contribution is 7.99. The van der Waals surface area contributed by atoms with E-state index in [4.69, 9.17) is 0 Å². The lowest BCUT2D eigenvalue weighted by Gasteiger charge is -2.43. The van der Waals surface area contributed by atoms with E-state index in [1.807, 2.05) is 74.3 Å². The Bertz CT molecular complexity index is 1350. The van der Waals surface area contributed by atoms with Crippen LogP contribution in [-0.2, 0) is 11.3 Å². The molecule has 0 bridgehead atoms. The van der Waals surface area contributed by atoms with Gasteiger partial charge in [-0.1, -0.05) is 30.3 Å². The molecule has 4 N–H and O–H groups in total. The average Bonchev–Trinajstić information content (AvgIpc) is 2.97. The monoisotopic (exact) mass is 605 g/mol. The van der Waals surface area contributed by atoms with Gasteiger partial charge in [-0.05, 0) is 63.6 Å². The molecule has 1 aliphatic heterocycles. The third-order valence-electron chi connectivity index (χ3n) is 7.43. The molecule has 2 amide bonds. The zero-order valence-corrected chi connectivity index (χ0v) is 26.2. The molecule has 10 heteroatoms. The van der Waals surface area contributed by atoms with Gasteiger partial charge in [-0.25, -0.2) is 0 Å². The molecule has 9 nitrogen and oxygen atoms in total. The topological polar surface area (TPSA) is 118 Å². The van der Waals surface area contributed by atoms with Crippen LogP contribution < -0.4 is 10.6 Å². The number of carbonyl (C=O) groups is 2. The molecule has 3 atom stereocenters. The Kier molecular flexibility index (Phi) is 11.2. The van der Waals surface area contributed by atoms with Crippen molar-refractivity contribution in [3.05, 3.63) is 89.7 Å². The minimum Gasteiger partial charge on any atom is -0.508 e. The van der Waals surface area contributed by atoms with Crippen molar-refractivity contribution in [2.45, 2.75) is 62.9 Å². The molecule has 2 heterocycles. The van der Waals surface area contributed by atoms with Crippen LogP contribution in [0.2, 0.25) is 0 Å². The molecule has 0 radical (unpaired) electrons. The summed E-state index contributed by atoms with van der Waals surface area (Å²) in [5, 5.41) is 27.9. The lowest BCUT2D eigenvalue weighted by atomic mass is 10.0. The number of aromatic hydroxyl groups is 1. The second kappa shape index (κ2) is 14.8. The van der Waals surface area contributed by atoms with Gasteiger partial charge in [0.25, 0.3) is 5.91 Å². The van der Waals surface area contributed by atoms with Crippen molar-refractivity contribution in [3.8, 4) is 5.75 Å². The Hall–Kier alpha value is -3.44. The number of thioether (sulfide) groups is 1. The quantitative estimate of drug-likeness (QED) is 0.246. The van der Waals surface area contributed by atoms with Crippen LogP contribution in [0, 0.1) is 6.92 Å². The number of hydrogen-bond donors (Lipinski definition) is 4. The van der Waals surface area contributed by atoms with Gasteiger partial charge in [0.15, 0.2) is 0 Å². The third-order valence-corrected chi connectivity index (χ3v) is 8.56. The van der Waals surface area contributed by atoms with Gasteiger partial charge < -0.3 is 20.8 Å². The molecule has 43 heavy (non-hydrogen) atoms. The summed E-state index contributed by atoms with van der Waals surface area (Å²) in [5.41, 5.74) is 1.50. The molecule has 1 fully saturated rings. The highest BCUT2D eigenvalue weighted by Gasteiger charge is 2.36. The molecule has 0 aliphatic carbocycles. The Morgan fingerprint density at radius 1 is 1.07 bits per heavy atom. The summed E-state index contributed by atoms with van der Waals surface area (Å²) in [7, 11) is 0. The fourth-order valence-corrected chi connectivity index (χ4v) is 6.15. The van der Waals surface area contributed by atoms with Crippen LogP contribution in [0.1, 0.15) is 42.3 Å². The predicted octanol–water partition coefficient (Wildman–Crippen LogP) is 3.45. The number of aromatic nitrogens is 1. The van der Waals surface area contributed by atoms with Crippen LogP contribution >= 0.6 is 11.8 Å². The van der Waals surface area contributed by atoms with Crippen LogP contribution in [-0.4, -0.2) is 92.5 Å². The first kappa shape index (κ1) is 32.5. The van der Waals surface area contributed by atoms with Gasteiger partial charge in [0, 0.05) is 72.4 Å². The van der Waals surface area contributed by atoms with Crippen molar-refractivity contribution < 1.29 is 19.8 Å². The predicted molar refractivity (Wildman–Crippen MR) is 170 cm³/mol. The highest BCUT2D eigenvalue weighted by Crippen LogP contribution is 2.23. The smallest absolute Gasteiger partial charge is 0.252 e. The highest BCUT2D eigenvalue weighted by atomic mass is 32.2. The number of carbonyl (C=O) groups excluding carboxylic acids is 2. The second-order valence-corrected chi connectivity index (χ2v) is 13.2. The first-order chi connectivity index (χ1) is 20.5. The number of pyridine rings is 1. The number of phenols is 1. The summed E-state index contributed by atoms with van der Waals surface area (Å²) >= 11 is 1.54. The van der Waals surface area contributed by atoms with E-state index >= 15 is 0 Å². The number of aliphatic hydroxyl groups is 1. The van der Waals surface area contributed by atoms with Gasteiger partial charge in [-0.15, -0.1) is 11.8 Å². The van der Waals surface area contributed by atoms with E-state index < -0.39 is 23.7 Å². The van der Waals surface area contributed by atoms with Gasteiger partial charge in [-0.3, -0.25) is 24.4 Å². The summed E-state index contributed by atoms with van der Waals surface area (Å²) in [4.78, 5) is 36.4. The van der Waals surface area contributed by atoms with Crippen molar-refractivity contribution in [2.75, 3.05) is 31.9 Å².